The van der Waals surface area contributed by atoms with E-state index < -0.39 is 29.4 Å². The Labute approximate surface area is 715 Å². The minimum Gasteiger partial charge on any atom is -0.497 e. The van der Waals surface area contributed by atoms with Gasteiger partial charge in [0.15, 0.2) is 0 Å². The highest BCUT2D eigenvalue weighted by Crippen LogP contribution is 2.39. The predicted molar refractivity (Wildman–Crippen MR) is 485 cm³/mol. The molecule has 8 aromatic carbocycles. The molecule has 4 amide bonds. The number of nitrogens with two attached hydrogens (primary N) is 8. The summed E-state index contributed by atoms with van der Waals surface area (Å²) in [6.07, 6.45) is 11.9. The number of amides is 4. The van der Waals surface area contributed by atoms with Gasteiger partial charge in [-0.05, 0) is 243 Å². The van der Waals surface area contributed by atoms with Crippen LogP contribution < -0.4 is 64.8 Å². The number of anilines is 4. The van der Waals surface area contributed by atoms with E-state index in [2.05, 4.69) is 83.8 Å². The molecule has 3 unspecified atom stereocenters. The van der Waals surface area contributed by atoms with Gasteiger partial charge >= 0.3 is 0 Å². The van der Waals surface area contributed by atoms with Gasteiger partial charge < -0.3 is 64.8 Å². The van der Waals surface area contributed by atoms with Gasteiger partial charge in [0.2, 0.25) is 0 Å². The highest BCUT2D eigenvalue weighted by molar-refractivity contribution is 6.05. The number of ether oxygens (including phenoxy) is 4. The Morgan fingerprint density at radius 3 is 0.992 bits per heavy atom. The molecule has 26 heteroatoms. The molecule has 16 N–H and O–H groups in total. The van der Waals surface area contributed by atoms with Gasteiger partial charge in [-0.3, -0.25) is 19.2 Å². The van der Waals surface area contributed by atoms with Crippen molar-refractivity contribution in [2.75, 3.05) is 51.4 Å². The van der Waals surface area contributed by atoms with Crippen LogP contribution in [0, 0.1) is 5.82 Å². The fourth-order valence-electron chi connectivity index (χ4n) is 14.7. The second kappa shape index (κ2) is 38.9. The second-order valence-electron chi connectivity index (χ2n) is 29.8. The van der Waals surface area contributed by atoms with Crippen molar-refractivity contribution in [1.29, 1.82) is 0 Å². The van der Waals surface area contributed by atoms with E-state index in [1.165, 1.54) is 25.6 Å². The molecule has 8 heterocycles. The topological polar surface area (TPSA) is 429 Å². The highest BCUT2D eigenvalue weighted by Gasteiger charge is 2.22. The fraction of sp³-hybridized carbons (Fsp3) is 0.153. The number of methoxy groups -OCH3 is 4. The van der Waals surface area contributed by atoms with Crippen LogP contribution in [0.3, 0.4) is 0 Å². The molecule has 0 aliphatic rings. The van der Waals surface area contributed by atoms with Gasteiger partial charge in [0.1, 0.15) is 81.2 Å². The van der Waals surface area contributed by atoms with E-state index in [9.17, 15) is 23.6 Å². The number of fused-ring (bicyclic) bond motifs is 4. The quantitative estimate of drug-likeness (QED) is 0.0278. The van der Waals surface area contributed by atoms with E-state index in [1.54, 1.807) is 76.4 Å². The summed E-state index contributed by atoms with van der Waals surface area (Å²) in [6.45, 7) is 6.35. The van der Waals surface area contributed by atoms with Gasteiger partial charge in [-0.15, -0.1) is 0 Å². The number of carbonyl (C=O) groups excluding carboxylic acids is 4. The smallest absolute Gasteiger partial charge is 0.267 e. The second-order valence-corrected chi connectivity index (χ2v) is 29.8. The summed E-state index contributed by atoms with van der Waals surface area (Å²) in [6, 6.07) is 70.1. The van der Waals surface area contributed by atoms with Crippen LogP contribution in [-0.2, 0) is 32.1 Å². The van der Waals surface area contributed by atoms with E-state index in [0.29, 0.717) is 64.0 Å². The largest absolute Gasteiger partial charge is 0.497 e. The summed E-state index contributed by atoms with van der Waals surface area (Å²) >= 11 is 0. The molecule has 624 valence electrons. The lowest BCUT2D eigenvalue weighted by atomic mass is 9.91. The summed E-state index contributed by atoms with van der Waals surface area (Å²) in [4.78, 5) is 86.2. The van der Waals surface area contributed by atoms with Gasteiger partial charge in [0.05, 0.1) is 50.5 Å². The van der Waals surface area contributed by atoms with Crippen LogP contribution in [-0.4, -0.2) is 96.9 Å². The first-order chi connectivity index (χ1) is 59.8. The first kappa shape index (κ1) is 86.0. The SMILES string of the molecule is COc1ccc(-c2cc(C(N)=O)nc3cc(C(C)Cc4cccnc4N)ccc23)c(F)c1.COc1ccc(-c2cc(C(N)=O)nc3cc(C(C)Cc4cccnc4N)ccc23)cc1.COc1ccc(-c2cc(C(N)=O)nc3cc(C(C)Cc4cccnc4N)ccc23)cc1.COc1ccc(-c2cc(C(N)=O)nc3cc(CCc4cncnc4N)ccc23)cc1. The van der Waals surface area contributed by atoms with Crippen molar-refractivity contribution in [3.05, 3.63) is 329 Å². The zero-order chi connectivity index (χ0) is 87.8. The fourth-order valence-corrected chi connectivity index (χ4v) is 14.7. The van der Waals surface area contributed by atoms with E-state index in [-0.39, 0.29) is 40.5 Å². The third-order valence-corrected chi connectivity index (χ3v) is 21.6. The van der Waals surface area contributed by atoms with Crippen molar-refractivity contribution >= 4 is 90.5 Å². The van der Waals surface area contributed by atoms with Crippen molar-refractivity contribution in [3.63, 3.8) is 0 Å². The Balaban J connectivity index is 0.000000142. The predicted octanol–water partition coefficient (Wildman–Crippen LogP) is 16.3. The monoisotopic (exact) mass is 1650 g/mol. The Bertz CT molecular complexity index is 6440. The highest BCUT2D eigenvalue weighted by atomic mass is 19.1. The van der Waals surface area contributed by atoms with Crippen molar-refractivity contribution < 1.29 is 42.5 Å². The average molecular weight is 1650 g/mol. The average Bonchev–Trinajstić information content (AvgIpc) is 0.768. The van der Waals surface area contributed by atoms with E-state index in [4.69, 9.17) is 64.8 Å². The Kier molecular flexibility index (Phi) is 27.0. The molecule has 0 saturated heterocycles. The number of primary amides is 4. The Hall–Kier alpha value is -15.9. The van der Waals surface area contributed by atoms with Gasteiger partial charge in [-0.25, -0.2) is 49.2 Å². The zero-order valence-corrected chi connectivity index (χ0v) is 69.3. The number of rotatable bonds is 24. The summed E-state index contributed by atoms with van der Waals surface area (Å²) < 4.78 is 35.7. The number of carbonyl (C=O) groups is 4. The van der Waals surface area contributed by atoms with Crippen molar-refractivity contribution in [3.8, 4) is 67.5 Å². The molecule has 8 aromatic heterocycles. The van der Waals surface area contributed by atoms with Crippen molar-refractivity contribution in [2.24, 2.45) is 22.9 Å². The molecule has 16 rings (SSSR count). The number of aromatic nitrogens is 9. The van der Waals surface area contributed by atoms with Gasteiger partial charge in [-0.2, -0.15) is 0 Å². The molecular formula is C98H92FN17O8. The minimum atomic E-state index is -0.677. The normalized spacial score (nSPS) is 11.7. The maximum Gasteiger partial charge on any atom is 0.267 e. The maximum absolute atomic E-state index is 14.8. The van der Waals surface area contributed by atoms with Crippen LogP contribution in [0.25, 0.3) is 88.1 Å². The number of halogens is 1. The van der Waals surface area contributed by atoms with Crippen molar-refractivity contribution in [1.82, 2.24) is 44.9 Å². The van der Waals surface area contributed by atoms with Crippen LogP contribution in [0.15, 0.2) is 256 Å². The number of nitrogens with zero attached hydrogens (tertiary/aromatic N) is 9. The molecular weight excluding hydrogens is 1560 g/mol. The lowest BCUT2D eigenvalue weighted by Gasteiger charge is -2.16. The van der Waals surface area contributed by atoms with E-state index >= 15 is 0 Å². The van der Waals surface area contributed by atoms with E-state index in [0.717, 1.165) is 147 Å². The standard InChI is InChI=1S/C25H23FN4O2.2C25H24N4O2.C23H21N5O2/c1-14(10-16-4-3-9-29-24(16)27)15-5-7-19-20(13-23(25(28)31)30-22(19)11-15)18-8-6-17(32-2)12-21(18)26;2*1-15(12-18-4-3-11-28-24(18)26)17-7-10-20-21(16-5-8-19(31-2)9-6-16)14-23(25(27)30)29-22(20)13-17;1-30-17-7-5-15(6-8-17)19-11-21(23(25)29)28-20-10-14(3-9-18(19)20)2-4-16-12-26-13-27-22(16)24/h3-9,11-14H,10H2,1-2H3,(H2,27,29)(H2,28,31);2*3-11,13-15H,12H2,1-2H3,(H2,26,28)(H2,27,30);3,5-13H,2,4H2,1H3,(H2,25,29)(H2,24,26,27). The molecule has 25 nitrogen and oxygen atoms in total. The molecule has 124 heavy (non-hydrogen) atoms. The minimum absolute atomic E-state index is 0.0732. The number of benzene rings is 8. The van der Waals surface area contributed by atoms with Crippen LogP contribution >= 0.6 is 0 Å². The summed E-state index contributed by atoms with van der Waals surface area (Å²) in [5.41, 5.74) is 64.2. The van der Waals surface area contributed by atoms with Gasteiger partial charge in [0.25, 0.3) is 23.6 Å². The number of aryl methyl sites for hydroxylation is 2. The molecule has 16 aromatic rings. The Morgan fingerprint density at radius 2 is 0.661 bits per heavy atom. The summed E-state index contributed by atoms with van der Waals surface area (Å²) in [5, 5.41) is 3.56. The number of hydrogen-bond donors (Lipinski definition) is 8. The lowest BCUT2D eigenvalue weighted by Crippen LogP contribution is -2.13. The van der Waals surface area contributed by atoms with Gasteiger partial charge in [0, 0.05) is 63.5 Å². The first-order valence-electron chi connectivity index (χ1n) is 39.7. The number of pyridine rings is 7. The zero-order valence-electron chi connectivity index (χ0n) is 69.3. The third kappa shape index (κ3) is 20.3. The molecule has 0 bridgehead atoms. The molecule has 0 aliphatic heterocycles. The summed E-state index contributed by atoms with van der Waals surface area (Å²) in [7, 11) is 6.36. The van der Waals surface area contributed by atoms with Crippen LogP contribution in [0.5, 0.6) is 23.0 Å². The third-order valence-electron chi connectivity index (χ3n) is 21.6. The molecule has 0 aliphatic carbocycles. The van der Waals surface area contributed by atoms with Gasteiger partial charge in [-0.1, -0.05) is 124 Å². The molecule has 0 radical (unpaired) electrons. The number of hydrogen-bond acceptors (Lipinski definition) is 21. The van der Waals surface area contributed by atoms with Crippen LogP contribution in [0.2, 0.25) is 0 Å². The first-order valence-corrected chi connectivity index (χ1v) is 39.7. The Morgan fingerprint density at radius 1 is 0.339 bits per heavy atom. The van der Waals surface area contributed by atoms with E-state index in [1.807, 2.05) is 164 Å². The van der Waals surface area contributed by atoms with Crippen molar-refractivity contribution in [2.45, 2.75) is 70.6 Å². The lowest BCUT2D eigenvalue weighted by molar-refractivity contribution is 0.0987. The maximum atomic E-state index is 14.8. The summed E-state index contributed by atoms with van der Waals surface area (Å²) in [5.74, 6) is 2.48. The molecule has 3 atom stereocenters. The number of nitrogen functional groups attached to an aromatic ring is 4. The molecule has 0 saturated carbocycles. The molecule has 0 fully saturated rings. The van der Waals surface area contributed by atoms with Crippen LogP contribution in [0.4, 0.5) is 27.7 Å². The van der Waals surface area contributed by atoms with Crippen LogP contribution in [0.1, 0.15) is 125 Å². The molecule has 0 spiro atoms.